The predicted molar refractivity (Wildman–Crippen MR) is 41.0 cm³/mol. The van der Waals surface area contributed by atoms with E-state index in [1.54, 1.807) is 6.07 Å². The molecule has 0 aliphatic heterocycles. The summed E-state index contributed by atoms with van der Waals surface area (Å²) in [6.07, 6.45) is 1.41. The number of esters is 1. The summed E-state index contributed by atoms with van der Waals surface area (Å²) in [5.41, 5.74) is 0.791. The Morgan fingerprint density at radius 2 is 2.36 bits per heavy atom. The topological polar surface area (TPSA) is 39.2 Å². The molecule has 2 radical (unpaired) electrons. The number of carbonyl (C=O) groups excluding carboxylic acids is 1. The Labute approximate surface area is 65.8 Å². The van der Waals surface area contributed by atoms with Gasteiger partial charge in [0.15, 0.2) is 0 Å². The third kappa shape index (κ3) is 1.80. The van der Waals surface area contributed by atoms with Crippen LogP contribution in [0.25, 0.3) is 0 Å². The lowest BCUT2D eigenvalue weighted by molar-refractivity contribution is 0.0594. The molecule has 0 amide bonds. The van der Waals surface area contributed by atoms with Crippen molar-refractivity contribution in [3.05, 3.63) is 24.0 Å². The van der Waals surface area contributed by atoms with Crippen LogP contribution in [0.2, 0.25) is 0 Å². The fourth-order valence-electron chi connectivity index (χ4n) is 0.631. The lowest BCUT2D eigenvalue weighted by Crippen LogP contribution is -2.09. The van der Waals surface area contributed by atoms with Crippen LogP contribution in [0.5, 0.6) is 0 Å². The second-order valence-electron chi connectivity index (χ2n) is 1.97. The van der Waals surface area contributed by atoms with Gasteiger partial charge in [-0.15, -0.1) is 0 Å². The maximum atomic E-state index is 10.8. The number of nitrogens with zero attached hydrogens (tertiary/aromatic N) is 1. The zero-order valence-electron chi connectivity index (χ0n) is 6.07. The van der Waals surface area contributed by atoms with Gasteiger partial charge < -0.3 is 4.74 Å². The second-order valence-corrected chi connectivity index (χ2v) is 1.97. The number of methoxy groups -OCH3 is 1. The first-order valence-electron chi connectivity index (χ1n) is 3.04. The maximum absolute atomic E-state index is 10.8. The van der Waals surface area contributed by atoms with Crippen molar-refractivity contribution in [3.8, 4) is 0 Å². The van der Waals surface area contributed by atoms with Crippen molar-refractivity contribution in [1.29, 1.82) is 0 Å². The molecule has 0 spiro atoms. The summed E-state index contributed by atoms with van der Waals surface area (Å²) in [4.78, 5) is 14.5. The molecule has 3 nitrogen and oxygen atoms in total. The van der Waals surface area contributed by atoms with Gasteiger partial charge >= 0.3 is 5.97 Å². The predicted octanol–water partition coefficient (Wildman–Crippen LogP) is -0.338. The van der Waals surface area contributed by atoms with E-state index in [4.69, 9.17) is 7.85 Å². The molecule has 0 unspecified atom stereocenters. The van der Waals surface area contributed by atoms with Crippen LogP contribution >= 0.6 is 0 Å². The molecule has 11 heavy (non-hydrogen) atoms. The molecular formula is C7H6BNO2. The van der Waals surface area contributed by atoms with Crippen molar-refractivity contribution in [1.82, 2.24) is 4.98 Å². The van der Waals surface area contributed by atoms with Gasteiger partial charge in [0.25, 0.3) is 0 Å². The third-order valence-electron chi connectivity index (χ3n) is 1.18. The van der Waals surface area contributed by atoms with Crippen molar-refractivity contribution in [3.63, 3.8) is 0 Å². The summed E-state index contributed by atoms with van der Waals surface area (Å²) < 4.78 is 4.43. The van der Waals surface area contributed by atoms with Crippen LogP contribution in [0.4, 0.5) is 0 Å². The van der Waals surface area contributed by atoms with Gasteiger partial charge in [0.1, 0.15) is 13.5 Å². The van der Waals surface area contributed by atoms with E-state index in [9.17, 15) is 4.79 Å². The lowest BCUT2D eigenvalue weighted by Gasteiger charge is -1.97. The summed E-state index contributed by atoms with van der Waals surface area (Å²) in [5, 5.41) is 0. The number of hydrogen-bond acceptors (Lipinski definition) is 3. The normalized spacial score (nSPS) is 9.18. The quantitative estimate of drug-likeness (QED) is 0.403. The van der Waals surface area contributed by atoms with E-state index >= 15 is 0 Å². The van der Waals surface area contributed by atoms with E-state index in [0.29, 0.717) is 5.46 Å². The van der Waals surface area contributed by atoms with Gasteiger partial charge in [-0.25, -0.2) is 9.78 Å². The molecule has 0 saturated heterocycles. The third-order valence-corrected chi connectivity index (χ3v) is 1.18. The first kappa shape index (κ1) is 7.79. The fourth-order valence-corrected chi connectivity index (χ4v) is 0.631. The highest BCUT2D eigenvalue weighted by molar-refractivity contribution is 6.32. The molecule has 1 rings (SSSR count). The minimum atomic E-state index is -0.454. The molecule has 0 atom stereocenters. The highest BCUT2D eigenvalue weighted by atomic mass is 16.5. The molecule has 0 aliphatic rings. The maximum Gasteiger partial charge on any atom is 0.356 e. The molecular weight excluding hydrogens is 141 g/mol. The van der Waals surface area contributed by atoms with E-state index in [1.165, 1.54) is 19.4 Å². The standard InChI is InChI=1S/C7H6BNO2/c1-11-7(10)6-3-2-5(8)4-9-6/h2-4H,1H3. The minimum absolute atomic E-state index is 0.265. The monoisotopic (exact) mass is 147 g/mol. The van der Waals surface area contributed by atoms with E-state index < -0.39 is 5.97 Å². The van der Waals surface area contributed by atoms with Gasteiger partial charge in [0.2, 0.25) is 0 Å². The highest BCUT2D eigenvalue weighted by Gasteiger charge is 2.03. The Bertz CT molecular complexity index is 258. The van der Waals surface area contributed by atoms with Crippen LogP contribution in [0.15, 0.2) is 18.3 Å². The second kappa shape index (κ2) is 3.19. The Morgan fingerprint density at radius 1 is 1.64 bits per heavy atom. The number of carbonyl (C=O) groups is 1. The molecule has 0 saturated carbocycles. The zero-order valence-corrected chi connectivity index (χ0v) is 6.07. The summed E-state index contributed by atoms with van der Waals surface area (Å²) in [5.74, 6) is -0.454. The van der Waals surface area contributed by atoms with Gasteiger partial charge in [-0.2, -0.15) is 0 Å². The van der Waals surface area contributed by atoms with Crippen LogP contribution in [-0.2, 0) is 4.74 Å². The molecule has 0 fully saturated rings. The molecule has 0 bridgehead atoms. The molecule has 4 heteroatoms. The molecule has 1 aromatic rings. The van der Waals surface area contributed by atoms with Crippen LogP contribution in [0.3, 0.4) is 0 Å². The number of rotatable bonds is 1. The van der Waals surface area contributed by atoms with Crippen LogP contribution in [-0.4, -0.2) is 25.9 Å². The first-order valence-corrected chi connectivity index (χ1v) is 3.04. The molecule has 54 valence electrons. The number of pyridine rings is 1. The Hall–Kier alpha value is -1.32. The Morgan fingerprint density at radius 3 is 2.82 bits per heavy atom. The Balaban J connectivity index is 2.90. The van der Waals surface area contributed by atoms with Crippen molar-refractivity contribution < 1.29 is 9.53 Å². The molecule has 1 aromatic heterocycles. The summed E-state index contributed by atoms with van der Waals surface area (Å²) in [6, 6.07) is 3.11. The zero-order chi connectivity index (χ0) is 8.27. The molecule has 1 heterocycles. The van der Waals surface area contributed by atoms with Crippen molar-refractivity contribution in [2.24, 2.45) is 0 Å². The SMILES string of the molecule is [B]c1ccc(C(=O)OC)nc1. The van der Waals surface area contributed by atoms with Crippen LogP contribution < -0.4 is 5.46 Å². The number of hydrogen-bond donors (Lipinski definition) is 0. The largest absolute Gasteiger partial charge is 0.464 e. The van der Waals surface area contributed by atoms with Gasteiger partial charge in [-0.3, -0.25) is 0 Å². The van der Waals surface area contributed by atoms with E-state index in [1.807, 2.05) is 0 Å². The van der Waals surface area contributed by atoms with Crippen molar-refractivity contribution in [2.75, 3.05) is 7.11 Å². The van der Waals surface area contributed by atoms with Crippen molar-refractivity contribution >= 4 is 19.3 Å². The van der Waals surface area contributed by atoms with Gasteiger partial charge in [-0.05, 0) is 6.07 Å². The van der Waals surface area contributed by atoms with E-state index in [2.05, 4.69) is 9.72 Å². The van der Waals surface area contributed by atoms with Crippen LogP contribution in [0, 0.1) is 0 Å². The molecule has 0 aliphatic carbocycles. The van der Waals surface area contributed by atoms with Crippen molar-refractivity contribution in [2.45, 2.75) is 0 Å². The average Bonchev–Trinajstić information content (AvgIpc) is 2.05. The molecule has 0 N–H and O–H groups in total. The van der Waals surface area contributed by atoms with E-state index in [0.717, 1.165) is 0 Å². The number of ether oxygens (including phenoxy) is 1. The average molecular weight is 147 g/mol. The van der Waals surface area contributed by atoms with Gasteiger partial charge in [0, 0.05) is 6.20 Å². The van der Waals surface area contributed by atoms with Gasteiger partial charge in [-0.1, -0.05) is 11.5 Å². The van der Waals surface area contributed by atoms with Gasteiger partial charge in [0.05, 0.1) is 7.11 Å². The fraction of sp³-hybridized carbons (Fsp3) is 0.143. The summed E-state index contributed by atoms with van der Waals surface area (Å²) >= 11 is 0. The Kier molecular flexibility index (Phi) is 2.26. The van der Waals surface area contributed by atoms with E-state index in [-0.39, 0.29) is 5.69 Å². The minimum Gasteiger partial charge on any atom is -0.464 e. The van der Waals surface area contributed by atoms with Crippen LogP contribution in [0.1, 0.15) is 10.5 Å². The molecule has 0 aromatic carbocycles. The smallest absolute Gasteiger partial charge is 0.356 e. The highest BCUT2D eigenvalue weighted by Crippen LogP contribution is 1.92. The first-order chi connectivity index (χ1) is 5.24. The summed E-state index contributed by atoms with van der Waals surface area (Å²) in [6.45, 7) is 0. The lowest BCUT2D eigenvalue weighted by atomic mass is 9.99. The summed E-state index contributed by atoms with van der Waals surface area (Å²) in [7, 11) is 6.66. The number of aromatic nitrogens is 1.